The van der Waals surface area contributed by atoms with Crippen molar-refractivity contribution in [3.63, 3.8) is 0 Å². The van der Waals surface area contributed by atoms with Crippen LogP contribution in [-0.2, 0) is 13.1 Å². The van der Waals surface area contributed by atoms with Gasteiger partial charge in [-0.05, 0) is 56.9 Å². The number of hydrogen-bond acceptors (Lipinski definition) is 3. The lowest BCUT2D eigenvalue weighted by Gasteiger charge is -2.19. The molecule has 2 heterocycles. The van der Waals surface area contributed by atoms with Gasteiger partial charge in [0.15, 0.2) is 0 Å². The number of hydrogen-bond donors (Lipinski definition) is 1. The van der Waals surface area contributed by atoms with Crippen molar-refractivity contribution >= 4 is 11.3 Å². The number of thiophene rings is 1. The third-order valence-electron chi connectivity index (χ3n) is 4.16. The molecule has 1 aliphatic rings. The highest BCUT2D eigenvalue weighted by molar-refractivity contribution is 7.11. The van der Waals surface area contributed by atoms with Gasteiger partial charge in [-0.25, -0.2) is 0 Å². The lowest BCUT2D eigenvalue weighted by atomic mass is 9.98. The molecule has 1 aliphatic heterocycles. The predicted octanol–water partition coefficient (Wildman–Crippen LogP) is 3.87. The molecular weight excluding hydrogens is 252 g/mol. The summed E-state index contributed by atoms with van der Waals surface area (Å²) in [5.41, 5.74) is 0. The third-order valence-corrected chi connectivity index (χ3v) is 5.23. The van der Waals surface area contributed by atoms with Crippen LogP contribution < -0.4 is 5.32 Å². The Hall–Kier alpha value is -0.380. The van der Waals surface area contributed by atoms with Crippen molar-refractivity contribution in [3.8, 4) is 0 Å². The summed E-state index contributed by atoms with van der Waals surface area (Å²) in [6.07, 6.45) is 5.57. The number of nitrogens with zero attached hydrogens (tertiary/aromatic N) is 1. The van der Waals surface area contributed by atoms with Crippen LogP contribution in [0, 0.1) is 5.92 Å². The lowest BCUT2D eigenvalue weighted by molar-refractivity contribution is 0.274. The summed E-state index contributed by atoms with van der Waals surface area (Å²) >= 11 is 1.98. The third kappa shape index (κ3) is 4.90. The van der Waals surface area contributed by atoms with Gasteiger partial charge in [0.25, 0.3) is 0 Å². The van der Waals surface area contributed by atoms with Crippen molar-refractivity contribution in [1.82, 2.24) is 10.2 Å². The highest BCUT2D eigenvalue weighted by Crippen LogP contribution is 2.23. The fourth-order valence-electron chi connectivity index (χ4n) is 2.86. The maximum atomic E-state index is 3.40. The number of rotatable bonds is 6. The van der Waals surface area contributed by atoms with Gasteiger partial charge in [0.05, 0.1) is 0 Å². The quantitative estimate of drug-likeness (QED) is 0.851. The zero-order valence-corrected chi connectivity index (χ0v) is 13.3. The molecule has 0 bridgehead atoms. The fourth-order valence-corrected chi connectivity index (χ4v) is 3.89. The molecule has 1 aromatic heterocycles. The first-order chi connectivity index (χ1) is 9.31. The molecule has 19 heavy (non-hydrogen) atoms. The molecule has 2 rings (SSSR count). The Labute approximate surface area is 122 Å². The van der Waals surface area contributed by atoms with Crippen LogP contribution in [0.15, 0.2) is 12.1 Å². The summed E-state index contributed by atoms with van der Waals surface area (Å²) < 4.78 is 0. The Morgan fingerprint density at radius 1 is 1.21 bits per heavy atom. The van der Waals surface area contributed by atoms with E-state index in [4.69, 9.17) is 0 Å². The van der Waals surface area contributed by atoms with Crippen molar-refractivity contribution in [1.29, 1.82) is 0 Å². The van der Waals surface area contributed by atoms with E-state index < -0.39 is 0 Å². The maximum Gasteiger partial charge on any atom is 0.0328 e. The molecular formula is C16H28N2S. The van der Waals surface area contributed by atoms with E-state index >= 15 is 0 Å². The van der Waals surface area contributed by atoms with Gasteiger partial charge in [-0.15, -0.1) is 11.3 Å². The summed E-state index contributed by atoms with van der Waals surface area (Å²) in [7, 11) is 0. The molecule has 1 atom stereocenters. The molecule has 0 aliphatic carbocycles. The fraction of sp³-hybridized carbons (Fsp3) is 0.750. The van der Waals surface area contributed by atoms with Crippen LogP contribution in [-0.4, -0.2) is 24.5 Å². The maximum absolute atomic E-state index is 3.40. The van der Waals surface area contributed by atoms with Crippen molar-refractivity contribution in [2.45, 2.75) is 52.6 Å². The van der Waals surface area contributed by atoms with E-state index in [0.717, 1.165) is 25.6 Å². The van der Waals surface area contributed by atoms with Gasteiger partial charge < -0.3 is 5.32 Å². The highest BCUT2D eigenvalue weighted by atomic mass is 32.1. The molecule has 0 aromatic carbocycles. The standard InChI is InChI=1S/C16H28N2S/c1-3-14-6-5-10-18(11-9-14)13-16-8-7-15(19-16)12-17-4-2/h7-8,14,17H,3-6,9-13H2,1-2H3. The second-order valence-electron chi connectivity index (χ2n) is 5.63. The van der Waals surface area contributed by atoms with E-state index in [9.17, 15) is 0 Å². The zero-order chi connectivity index (χ0) is 13.5. The van der Waals surface area contributed by atoms with Gasteiger partial charge in [-0.2, -0.15) is 0 Å². The Kier molecular flexibility index (Phi) is 6.35. The van der Waals surface area contributed by atoms with Crippen molar-refractivity contribution in [3.05, 3.63) is 21.9 Å². The van der Waals surface area contributed by atoms with E-state index in [2.05, 4.69) is 36.2 Å². The van der Waals surface area contributed by atoms with Crippen molar-refractivity contribution in [2.75, 3.05) is 19.6 Å². The number of likely N-dealkylation sites (tertiary alicyclic amines) is 1. The Bertz CT molecular complexity index is 361. The molecule has 3 heteroatoms. The molecule has 108 valence electrons. The summed E-state index contributed by atoms with van der Waals surface area (Å²) in [6.45, 7) is 10.3. The first-order valence-electron chi connectivity index (χ1n) is 7.82. The van der Waals surface area contributed by atoms with Crippen LogP contribution >= 0.6 is 11.3 Å². The molecule has 0 spiro atoms. The molecule has 1 unspecified atom stereocenters. The summed E-state index contributed by atoms with van der Waals surface area (Å²) in [5, 5.41) is 3.40. The predicted molar refractivity (Wildman–Crippen MR) is 84.6 cm³/mol. The van der Waals surface area contributed by atoms with Gasteiger partial charge in [-0.1, -0.05) is 20.3 Å². The van der Waals surface area contributed by atoms with E-state index in [1.807, 2.05) is 11.3 Å². The first-order valence-corrected chi connectivity index (χ1v) is 8.64. The van der Waals surface area contributed by atoms with Gasteiger partial charge in [0.2, 0.25) is 0 Å². The molecule has 1 saturated heterocycles. The topological polar surface area (TPSA) is 15.3 Å². The van der Waals surface area contributed by atoms with E-state index in [1.165, 1.54) is 48.5 Å². The largest absolute Gasteiger partial charge is 0.312 e. The summed E-state index contributed by atoms with van der Waals surface area (Å²) in [4.78, 5) is 5.65. The minimum Gasteiger partial charge on any atom is -0.312 e. The van der Waals surface area contributed by atoms with Crippen molar-refractivity contribution in [2.24, 2.45) is 5.92 Å². The molecule has 1 N–H and O–H groups in total. The van der Waals surface area contributed by atoms with E-state index in [0.29, 0.717) is 0 Å². The van der Waals surface area contributed by atoms with Gasteiger partial charge in [-0.3, -0.25) is 4.90 Å². The normalized spacial score (nSPS) is 21.5. The molecule has 1 aromatic rings. The second-order valence-corrected chi connectivity index (χ2v) is 6.88. The van der Waals surface area contributed by atoms with Crippen LogP contribution in [0.1, 0.15) is 49.3 Å². The Balaban J connectivity index is 1.81. The van der Waals surface area contributed by atoms with Crippen LogP contribution in [0.25, 0.3) is 0 Å². The van der Waals surface area contributed by atoms with Gasteiger partial charge in [0, 0.05) is 22.8 Å². The molecule has 0 saturated carbocycles. The average Bonchev–Trinajstić information content (AvgIpc) is 2.74. The Morgan fingerprint density at radius 3 is 2.84 bits per heavy atom. The van der Waals surface area contributed by atoms with Crippen LogP contribution in [0.5, 0.6) is 0 Å². The smallest absolute Gasteiger partial charge is 0.0328 e. The van der Waals surface area contributed by atoms with E-state index in [1.54, 1.807) is 0 Å². The lowest BCUT2D eigenvalue weighted by Crippen LogP contribution is -2.23. The van der Waals surface area contributed by atoms with Crippen LogP contribution in [0.2, 0.25) is 0 Å². The molecule has 0 amide bonds. The van der Waals surface area contributed by atoms with Crippen molar-refractivity contribution < 1.29 is 0 Å². The van der Waals surface area contributed by atoms with Gasteiger partial charge >= 0.3 is 0 Å². The molecule has 0 radical (unpaired) electrons. The van der Waals surface area contributed by atoms with Gasteiger partial charge in [0.1, 0.15) is 0 Å². The SMILES string of the molecule is CCNCc1ccc(CN2CCCC(CC)CC2)s1. The summed E-state index contributed by atoms with van der Waals surface area (Å²) in [5.74, 6) is 0.970. The first kappa shape index (κ1) is 15.0. The average molecular weight is 280 g/mol. The highest BCUT2D eigenvalue weighted by Gasteiger charge is 2.16. The number of nitrogens with one attached hydrogen (secondary N) is 1. The zero-order valence-electron chi connectivity index (χ0n) is 12.5. The Morgan fingerprint density at radius 2 is 2.05 bits per heavy atom. The van der Waals surface area contributed by atoms with Crippen LogP contribution in [0.3, 0.4) is 0 Å². The molecule has 2 nitrogen and oxygen atoms in total. The second kappa shape index (κ2) is 8.03. The monoisotopic (exact) mass is 280 g/mol. The molecule has 1 fully saturated rings. The minimum absolute atomic E-state index is 0.970. The minimum atomic E-state index is 0.970. The summed E-state index contributed by atoms with van der Waals surface area (Å²) in [6, 6.07) is 4.61. The van der Waals surface area contributed by atoms with E-state index in [-0.39, 0.29) is 0 Å². The van der Waals surface area contributed by atoms with Crippen LogP contribution in [0.4, 0.5) is 0 Å².